The predicted molar refractivity (Wildman–Crippen MR) is 101 cm³/mol. The summed E-state index contributed by atoms with van der Waals surface area (Å²) in [4.78, 5) is 11.8. The van der Waals surface area contributed by atoms with Crippen LogP contribution in [0, 0.1) is 0 Å². The highest BCUT2D eigenvalue weighted by Crippen LogP contribution is 2.26. The SMILES string of the molecule is CCC(=O)Nc1cc(-c2ccc(Cl)cc2)nn1-c1ccc(Br)cc1. The second-order valence-electron chi connectivity index (χ2n) is 5.21. The maximum atomic E-state index is 11.8. The van der Waals surface area contributed by atoms with Crippen LogP contribution in [-0.2, 0) is 4.79 Å². The molecule has 0 unspecified atom stereocenters. The predicted octanol–water partition coefficient (Wildman–Crippen LogP) is 5.30. The van der Waals surface area contributed by atoms with Gasteiger partial charge in [-0.2, -0.15) is 5.10 Å². The number of hydrogen-bond acceptors (Lipinski definition) is 2. The normalized spacial score (nSPS) is 10.6. The van der Waals surface area contributed by atoms with Crippen molar-refractivity contribution in [1.29, 1.82) is 0 Å². The molecule has 0 spiro atoms. The molecule has 6 heteroatoms. The first-order chi connectivity index (χ1) is 11.6. The van der Waals surface area contributed by atoms with E-state index in [4.69, 9.17) is 11.6 Å². The molecule has 0 bridgehead atoms. The van der Waals surface area contributed by atoms with Gasteiger partial charge in [0, 0.05) is 27.5 Å². The number of nitrogens with one attached hydrogen (secondary N) is 1. The molecule has 1 N–H and O–H groups in total. The van der Waals surface area contributed by atoms with Crippen LogP contribution in [0.1, 0.15) is 13.3 Å². The van der Waals surface area contributed by atoms with Gasteiger partial charge in [0.15, 0.2) is 0 Å². The molecule has 0 aliphatic heterocycles. The van der Waals surface area contributed by atoms with Gasteiger partial charge in [-0.15, -0.1) is 0 Å². The van der Waals surface area contributed by atoms with E-state index in [0.717, 1.165) is 21.4 Å². The largest absolute Gasteiger partial charge is 0.311 e. The van der Waals surface area contributed by atoms with Crippen LogP contribution in [0.2, 0.25) is 5.02 Å². The summed E-state index contributed by atoms with van der Waals surface area (Å²) in [7, 11) is 0. The number of anilines is 1. The van der Waals surface area contributed by atoms with Gasteiger partial charge in [-0.05, 0) is 36.4 Å². The first kappa shape index (κ1) is 16.7. The van der Waals surface area contributed by atoms with Crippen LogP contribution >= 0.6 is 27.5 Å². The molecule has 24 heavy (non-hydrogen) atoms. The fraction of sp³-hybridized carbons (Fsp3) is 0.111. The quantitative estimate of drug-likeness (QED) is 0.641. The Bertz CT molecular complexity index is 857. The molecule has 122 valence electrons. The van der Waals surface area contributed by atoms with E-state index in [2.05, 4.69) is 26.3 Å². The second-order valence-corrected chi connectivity index (χ2v) is 6.56. The van der Waals surface area contributed by atoms with Crippen LogP contribution in [0.3, 0.4) is 0 Å². The summed E-state index contributed by atoms with van der Waals surface area (Å²) in [6, 6.07) is 17.0. The Kier molecular flexibility index (Phi) is 5.02. The number of benzene rings is 2. The van der Waals surface area contributed by atoms with E-state index in [0.29, 0.717) is 17.3 Å². The zero-order chi connectivity index (χ0) is 17.1. The summed E-state index contributed by atoms with van der Waals surface area (Å²) in [5.74, 6) is 0.574. The molecule has 0 saturated heterocycles. The molecule has 3 aromatic rings. The van der Waals surface area contributed by atoms with Crippen molar-refractivity contribution in [3.05, 3.63) is 64.1 Å². The maximum Gasteiger partial charge on any atom is 0.225 e. The fourth-order valence-corrected chi connectivity index (χ4v) is 2.63. The van der Waals surface area contributed by atoms with Crippen molar-refractivity contribution in [2.24, 2.45) is 0 Å². The summed E-state index contributed by atoms with van der Waals surface area (Å²) in [6.45, 7) is 1.82. The average molecular weight is 405 g/mol. The van der Waals surface area contributed by atoms with Crippen LogP contribution in [-0.4, -0.2) is 15.7 Å². The third kappa shape index (κ3) is 3.68. The van der Waals surface area contributed by atoms with Gasteiger partial charge in [0.05, 0.1) is 11.4 Å². The van der Waals surface area contributed by atoms with Crippen molar-refractivity contribution in [3.63, 3.8) is 0 Å². The molecule has 0 atom stereocenters. The molecule has 0 aliphatic carbocycles. The second kappa shape index (κ2) is 7.20. The third-order valence-corrected chi connectivity index (χ3v) is 4.29. The Morgan fingerprint density at radius 1 is 1.17 bits per heavy atom. The number of aromatic nitrogens is 2. The van der Waals surface area contributed by atoms with Gasteiger partial charge < -0.3 is 5.32 Å². The summed E-state index contributed by atoms with van der Waals surface area (Å²) < 4.78 is 2.71. The third-order valence-electron chi connectivity index (χ3n) is 3.51. The first-order valence-corrected chi connectivity index (χ1v) is 8.65. The van der Waals surface area contributed by atoms with Gasteiger partial charge in [0.2, 0.25) is 5.91 Å². The van der Waals surface area contributed by atoms with Crippen LogP contribution in [0.25, 0.3) is 16.9 Å². The zero-order valence-corrected chi connectivity index (χ0v) is 15.3. The Morgan fingerprint density at radius 3 is 2.46 bits per heavy atom. The van der Waals surface area contributed by atoms with E-state index >= 15 is 0 Å². The molecule has 2 aromatic carbocycles. The number of halogens is 2. The standard InChI is InChI=1S/C18H15BrClN3O/c1-2-18(24)21-17-11-16(12-3-7-14(20)8-4-12)22-23(17)15-9-5-13(19)6-10-15/h3-11H,2H2,1H3,(H,21,24). The number of carbonyl (C=O) groups excluding carboxylic acids is 1. The molecule has 0 radical (unpaired) electrons. The highest BCUT2D eigenvalue weighted by Gasteiger charge is 2.13. The van der Waals surface area contributed by atoms with Crippen LogP contribution in [0.5, 0.6) is 0 Å². The van der Waals surface area contributed by atoms with Crippen LogP contribution in [0.4, 0.5) is 5.82 Å². The van der Waals surface area contributed by atoms with Crippen molar-refractivity contribution in [2.75, 3.05) is 5.32 Å². The monoisotopic (exact) mass is 403 g/mol. The number of carbonyl (C=O) groups is 1. The lowest BCUT2D eigenvalue weighted by molar-refractivity contribution is -0.115. The van der Waals surface area contributed by atoms with E-state index in [1.807, 2.05) is 61.5 Å². The Morgan fingerprint density at radius 2 is 1.83 bits per heavy atom. The Labute approximate surface area is 153 Å². The molecular formula is C18H15BrClN3O. The Balaban J connectivity index is 2.06. The van der Waals surface area contributed by atoms with Crippen molar-refractivity contribution in [3.8, 4) is 16.9 Å². The molecule has 1 amide bonds. The molecule has 0 saturated carbocycles. The average Bonchev–Trinajstić information content (AvgIpc) is 3.00. The minimum Gasteiger partial charge on any atom is -0.311 e. The summed E-state index contributed by atoms with van der Waals surface area (Å²) >= 11 is 9.37. The highest BCUT2D eigenvalue weighted by molar-refractivity contribution is 9.10. The van der Waals surface area contributed by atoms with Gasteiger partial charge in [0.25, 0.3) is 0 Å². The fourth-order valence-electron chi connectivity index (χ4n) is 2.24. The van der Waals surface area contributed by atoms with E-state index in [1.54, 1.807) is 4.68 Å². The molecule has 0 fully saturated rings. The van der Waals surface area contributed by atoms with Crippen molar-refractivity contribution >= 4 is 39.3 Å². The van der Waals surface area contributed by atoms with Crippen LogP contribution < -0.4 is 5.32 Å². The van der Waals surface area contributed by atoms with Crippen molar-refractivity contribution in [2.45, 2.75) is 13.3 Å². The lowest BCUT2D eigenvalue weighted by Crippen LogP contribution is -2.13. The van der Waals surface area contributed by atoms with Crippen LogP contribution in [0.15, 0.2) is 59.1 Å². The summed E-state index contributed by atoms with van der Waals surface area (Å²) in [5, 5.41) is 8.21. The first-order valence-electron chi connectivity index (χ1n) is 7.48. The number of amides is 1. The lowest BCUT2D eigenvalue weighted by Gasteiger charge is -2.08. The maximum absolute atomic E-state index is 11.8. The minimum atomic E-state index is -0.0593. The van der Waals surface area contributed by atoms with E-state index < -0.39 is 0 Å². The molecule has 0 aliphatic rings. The van der Waals surface area contributed by atoms with Gasteiger partial charge in [-0.3, -0.25) is 4.79 Å². The number of rotatable bonds is 4. The van der Waals surface area contributed by atoms with Crippen molar-refractivity contribution in [1.82, 2.24) is 9.78 Å². The molecular weight excluding hydrogens is 390 g/mol. The van der Waals surface area contributed by atoms with Gasteiger partial charge >= 0.3 is 0 Å². The van der Waals surface area contributed by atoms with E-state index in [9.17, 15) is 4.79 Å². The topological polar surface area (TPSA) is 46.9 Å². The van der Waals surface area contributed by atoms with E-state index in [1.165, 1.54) is 0 Å². The molecule has 1 aromatic heterocycles. The number of nitrogens with zero attached hydrogens (tertiary/aromatic N) is 2. The zero-order valence-electron chi connectivity index (χ0n) is 13.0. The molecule has 3 rings (SSSR count). The van der Waals surface area contributed by atoms with Gasteiger partial charge in [-0.25, -0.2) is 4.68 Å². The smallest absolute Gasteiger partial charge is 0.225 e. The molecule has 1 heterocycles. The van der Waals surface area contributed by atoms with E-state index in [-0.39, 0.29) is 5.91 Å². The van der Waals surface area contributed by atoms with Crippen molar-refractivity contribution < 1.29 is 4.79 Å². The Hall–Kier alpha value is -2.11. The minimum absolute atomic E-state index is 0.0593. The number of hydrogen-bond donors (Lipinski definition) is 1. The lowest BCUT2D eigenvalue weighted by atomic mass is 10.1. The highest BCUT2D eigenvalue weighted by atomic mass is 79.9. The van der Waals surface area contributed by atoms with Gasteiger partial charge in [0.1, 0.15) is 5.82 Å². The summed E-state index contributed by atoms with van der Waals surface area (Å²) in [6.07, 6.45) is 0.405. The molecule has 4 nitrogen and oxygen atoms in total. The van der Waals surface area contributed by atoms with Gasteiger partial charge in [-0.1, -0.05) is 46.6 Å². The summed E-state index contributed by atoms with van der Waals surface area (Å²) in [5.41, 5.74) is 2.56.